The maximum Gasteiger partial charge on any atom is 0.261 e. The molecule has 0 aliphatic rings. The Morgan fingerprint density at radius 2 is 0.925 bits per heavy atom. The van der Waals surface area contributed by atoms with Crippen molar-refractivity contribution in [1.82, 2.24) is 10.6 Å². The normalized spacial score (nSPS) is 12.4. The SMILES string of the molecule is CNC(=O)C(Cc1c(C)cc(C)cc1C)Oc1cc(C)cc(OC(Cc2c(C)cc(C)cc2C)C(=O)NC)c1I. The van der Waals surface area contributed by atoms with Crippen molar-refractivity contribution in [2.24, 2.45) is 0 Å². The largest absolute Gasteiger partial charge is 0.479 e. The van der Waals surface area contributed by atoms with Crippen molar-refractivity contribution >= 4 is 34.4 Å². The van der Waals surface area contributed by atoms with Crippen LogP contribution >= 0.6 is 22.6 Å². The van der Waals surface area contributed by atoms with E-state index in [1.165, 1.54) is 11.1 Å². The van der Waals surface area contributed by atoms with Crippen LogP contribution in [0.4, 0.5) is 0 Å². The fourth-order valence-electron chi connectivity index (χ4n) is 5.31. The predicted octanol–water partition coefficient (Wildman–Crippen LogP) is 5.92. The number of benzene rings is 3. The summed E-state index contributed by atoms with van der Waals surface area (Å²) in [7, 11) is 3.23. The van der Waals surface area contributed by atoms with Gasteiger partial charge in [-0.1, -0.05) is 35.4 Å². The molecule has 0 aliphatic carbocycles. The Kier molecular flexibility index (Phi) is 10.6. The second kappa shape index (κ2) is 13.5. The molecule has 0 saturated carbocycles. The highest BCUT2D eigenvalue weighted by atomic mass is 127. The number of hydrogen-bond donors (Lipinski definition) is 2. The molecule has 40 heavy (non-hydrogen) atoms. The van der Waals surface area contributed by atoms with Crippen molar-refractivity contribution in [3.05, 3.63) is 90.0 Å². The topological polar surface area (TPSA) is 76.7 Å². The summed E-state index contributed by atoms with van der Waals surface area (Å²) in [6.45, 7) is 14.3. The minimum atomic E-state index is -0.735. The summed E-state index contributed by atoms with van der Waals surface area (Å²) in [5, 5.41) is 5.50. The van der Waals surface area contributed by atoms with Gasteiger partial charge in [0, 0.05) is 26.9 Å². The van der Waals surface area contributed by atoms with Crippen molar-refractivity contribution in [3.63, 3.8) is 0 Å². The molecule has 6 nitrogen and oxygen atoms in total. The van der Waals surface area contributed by atoms with Gasteiger partial charge in [-0.25, -0.2) is 0 Å². The molecule has 0 radical (unpaired) electrons. The molecule has 0 aliphatic heterocycles. The highest BCUT2D eigenvalue weighted by Crippen LogP contribution is 2.34. The van der Waals surface area contributed by atoms with Crippen LogP contribution in [0.25, 0.3) is 0 Å². The second-order valence-electron chi connectivity index (χ2n) is 10.7. The van der Waals surface area contributed by atoms with Crippen LogP contribution in [0.15, 0.2) is 36.4 Å². The third-order valence-corrected chi connectivity index (χ3v) is 8.29. The molecule has 3 aromatic rings. The van der Waals surface area contributed by atoms with Crippen LogP contribution in [0.5, 0.6) is 11.5 Å². The van der Waals surface area contributed by atoms with Crippen molar-refractivity contribution in [2.75, 3.05) is 14.1 Å². The van der Waals surface area contributed by atoms with Gasteiger partial charge in [0.2, 0.25) is 0 Å². The summed E-state index contributed by atoms with van der Waals surface area (Å²) in [5.74, 6) is 0.690. The Morgan fingerprint density at radius 3 is 1.23 bits per heavy atom. The quantitative estimate of drug-likeness (QED) is 0.266. The molecule has 2 amide bonds. The number of carbonyl (C=O) groups excluding carboxylic acids is 2. The number of amides is 2. The number of halogens is 1. The van der Waals surface area contributed by atoms with Gasteiger partial charge >= 0.3 is 0 Å². The summed E-state index contributed by atoms with van der Waals surface area (Å²) in [5.41, 5.74) is 10.0. The lowest BCUT2D eigenvalue weighted by atomic mass is 9.95. The van der Waals surface area contributed by atoms with Crippen LogP contribution in [0.1, 0.15) is 50.1 Å². The fraction of sp³-hybridized carbons (Fsp3) is 0.394. The molecule has 0 saturated heterocycles. The number of carbonyl (C=O) groups is 2. The number of ether oxygens (including phenoxy) is 2. The average Bonchev–Trinajstić information content (AvgIpc) is 2.88. The number of aryl methyl sites for hydroxylation is 7. The first-order valence-corrected chi connectivity index (χ1v) is 14.6. The molecule has 0 bridgehead atoms. The highest BCUT2D eigenvalue weighted by Gasteiger charge is 2.27. The van der Waals surface area contributed by atoms with Gasteiger partial charge in [-0.3, -0.25) is 9.59 Å². The van der Waals surface area contributed by atoms with E-state index in [-0.39, 0.29) is 11.8 Å². The van der Waals surface area contributed by atoms with Crippen LogP contribution in [0.3, 0.4) is 0 Å². The van der Waals surface area contributed by atoms with Gasteiger partial charge in [0.15, 0.2) is 12.2 Å². The fourth-order valence-corrected chi connectivity index (χ4v) is 5.88. The number of rotatable bonds is 10. The third kappa shape index (κ3) is 7.56. The standard InChI is InChI=1S/C33H41IN2O4/c1-18-10-21(4)25(22(5)11-18)16-29(32(37)35-8)39-27-14-20(3)15-28(31(27)34)40-30(33(38)36-9)17-26-23(6)12-19(2)13-24(26)7/h10-15,29-30H,16-17H2,1-9H3,(H,35,37)(H,36,38). The summed E-state index contributed by atoms with van der Waals surface area (Å²) in [6.07, 6.45) is -0.600. The molecule has 0 spiro atoms. The van der Waals surface area contributed by atoms with Crippen molar-refractivity contribution in [3.8, 4) is 11.5 Å². The number of likely N-dealkylation sites (N-methyl/N-ethyl adjacent to an activating group) is 2. The lowest BCUT2D eigenvalue weighted by molar-refractivity contribution is -0.127. The van der Waals surface area contributed by atoms with E-state index < -0.39 is 12.2 Å². The zero-order valence-corrected chi connectivity index (χ0v) is 27.2. The first-order valence-electron chi connectivity index (χ1n) is 13.5. The molecule has 214 valence electrons. The molecule has 3 aromatic carbocycles. The van der Waals surface area contributed by atoms with E-state index in [1.807, 2.05) is 19.1 Å². The molecule has 0 aromatic heterocycles. The van der Waals surface area contributed by atoms with E-state index >= 15 is 0 Å². The molecular weight excluding hydrogens is 615 g/mol. The maximum atomic E-state index is 13.0. The lowest BCUT2D eigenvalue weighted by Gasteiger charge is -2.24. The van der Waals surface area contributed by atoms with Crippen molar-refractivity contribution in [2.45, 2.75) is 73.5 Å². The minimum Gasteiger partial charge on any atom is -0.479 e. The molecule has 7 heteroatoms. The summed E-state index contributed by atoms with van der Waals surface area (Å²) < 4.78 is 13.5. The Morgan fingerprint density at radius 1 is 0.625 bits per heavy atom. The number of hydrogen-bond acceptors (Lipinski definition) is 4. The van der Waals surface area contributed by atoms with Crippen LogP contribution < -0.4 is 20.1 Å². The average molecular weight is 657 g/mol. The Labute approximate surface area is 252 Å². The zero-order valence-electron chi connectivity index (χ0n) is 25.0. The summed E-state index contributed by atoms with van der Waals surface area (Å²) >= 11 is 2.18. The maximum absolute atomic E-state index is 13.0. The van der Waals surface area contributed by atoms with E-state index in [1.54, 1.807) is 14.1 Å². The monoisotopic (exact) mass is 656 g/mol. The van der Waals surface area contributed by atoms with Gasteiger partial charge < -0.3 is 20.1 Å². The molecule has 2 unspecified atom stereocenters. The lowest BCUT2D eigenvalue weighted by Crippen LogP contribution is -2.39. The van der Waals surface area contributed by atoms with Gasteiger partial charge in [0.05, 0.1) is 3.57 Å². The zero-order chi connectivity index (χ0) is 29.7. The second-order valence-corrected chi connectivity index (χ2v) is 11.8. The highest BCUT2D eigenvalue weighted by molar-refractivity contribution is 14.1. The summed E-state index contributed by atoms with van der Waals surface area (Å²) in [4.78, 5) is 25.9. The van der Waals surface area contributed by atoms with Gasteiger partial charge in [0.1, 0.15) is 11.5 Å². The van der Waals surface area contributed by atoms with Crippen molar-refractivity contribution in [1.29, 1.82) is 0 Å². The summed E-state index contributed by atoms with van der Waals surface area (Å²) in [6, 6.07) is 12.3. The van der Waals surface area contributed by atoms with E-state index in [0.717, 1.165) is 38.9 Å². The van der Waals surface area contributed by atoms with Gasteiger partial charge in [-0.2, -0.15) is 0 Å². The van der Waals surface area contributed by atoms with Gasteiger partial charge in [-0.05, 0) is 122 Å². The van der Waals surface area contributed by atoms with Crippen LogP contribution in [0, 0.1) is 52.0 Å². The van der Waals surface area contributed by atoms with Crippen LogP contribution in [0.2, 0.25) is 0 Å². The predicted molar refractivity (Wildman–Crippen MR) is 170 cm³/mol. The van der Waals surface area contributed by atoms with Gasteiger partial charge in [0.25, 0.3) is 11.8 Å². The van der Waals surface area contributed by atoms with Crippen LogP contribution in [-0.2, 0) is 22.4 Å². The third-order valence-electron chi connectivity index (χ3n) is 7.23. The Balaban J connectivity index is 1.95. The molecule has 2 atom stereocenters. The Bertz CT molecular complexity index is 1270. The van der Waals surface area contributed by atoms with E-state index in [0.29, 0.717) is 27.9 Å². The van der Waals surface area contributed by atoms with Crippen LogP contribution in [-0.4, -0.2) is 38.1 Å². The first kappa shape index (κ1) is 31.5. The molecule has 0 heterocycles. The van der Waals surface area contributed by atoms with E-state index in [4.69, 9.17) is 9.47 Å². The molecule has 0 fully saturated rings. The minimum absolute atomic E-state index is 0.201. The molecule has 2 N–H and O–H groups in total. The van der Waals surface area contributed by atoms with E-state index in [9.17, 15) is 9.59 Å². The smallest absolute Gasteiger partial charge is 0.261 e. The van der Waals surface area contributed by atoms with E-state index in [2.05, 4.69) is 99.0 Å². The molecule has 3 rings (SSSR count). The van der Waals surface area contributed by atoms with Crippen molar-refractivity contribution < 1.29 is 19.1 Å². The van der Waals surface area contributed by atoms with Gasteiger partial charge in [-0.15, -0.1) is 0 Å². The Hall–Kier alpha value is -3.07. The molecular formula is C33H41IN2O4. The first-order chi connectivity index (χ1) is 18.8. The number of nitrogens with one attached hydrogen (secondary N) is 2.